The number of ether oxygens (including phenoxy) is 1. The van der Waals surface area contributed by atoms with Gasteiger partial charge >= 0.3 is 6.09 Å². The van der Waals surface area contributed by atoms with Gasteiger partial charge in [0.1, 0.15) is 5.60 Å². The van der Waals surface area contributed by atoms with Crippen LogP contribution in [0.4, 0.5) is 10.7 Å². The first kappa shape index (κ1) is 18.1. The van der Waals surface area contributed by atoms with Gasteiger partial charge in [0.05, 0.1) is 12.2 Å². The fourth-order valence-electron chi connectivity index (χ4n) is 2.75. The number of hydrogen-bond acceptors (Lipinski definition) is 6. The first-order valence-corrected chi connectivity index (χ1v) is 8.86. The zero-order chi connectivity index (χ0) is 18.6. The summed E-state index contributed by atoms with van der Waals surface area (Å²) in [5.74, 6) is 0.628. The number of pyridine rings is 1. The van der Waals surface area contributed by atoms with Crippen molar-refractivity contribution in [3.63, 3.8) is 0 Å². The Morgan fingerprint density at radius 3 is 2.81 bits per heavy atom. The van der Waals surface area contributed by atoms with Crippen LogP contribution >= 0.6 is 0 Å². The molecule has 2 aromatic rings. The summed E-state index contributed by atoms with van der Waals surface area (Å²) in [7, 11) is 0. The van der Waals surface area contributed by atoms with Crippen LogP contribution in [-0.2, 0) is 24.1 Å². The standard InChI is InChI=1S/C19H25N5O2/c1-19(2,3)26-18(25)24-11-7-16-15(13-24)12-22-17(23-16)21-10-6-14-4-8-20-9-5-14/h4-5,8-9,12H,6-7,10-11,13H2,1-3H3,(H,21,22,23). The normalized spacial score (nSPS) is 13.9. The quantitative estimate of drug-likeness (QED) is 0.908. The molecule has 0 saturated heterocycles. The van der Waals surface area contributed by atoms with Gasteiger partial charge < -0.3 is 15.0 Å². The van der Waals surface area contributed by atoms with Gasteiger partial charge in [-0.05, 0) is 44.9 Å². The lowest BCUT2D eigenvalue weighted by atomic mass is 10.1. The zero-order valence-corrected chi connectivity index (χ0v) is 15.5. The molecule has 7 heteroatoms. The number of fused-ring (bicyclic) bond motifs is 1. The number of anilines is 1. The second kappa shape index (κ2) is 7.68. The summed E-state index contributed by atoms with van der Waals surface area (Å²) in [6.07, 6.45) is 6.68. The van der Waals surface area contributed by atoms with E-state index in [9.17, 15) is 4.79 Å². The van der Waals surface area contributed by atoms with E-state index in [1.165, 1.54) is 5.56 Å². The lowest BCUT2D eigenvalue weighted by Crippen LogP contribution is -2.40. The van der Waals surface area contributed by atoms with E-state index < -0.39 is 5.60 Å². The largest absolute Gasteiger partial charge is 0.444 e. The molecule has 0 aliphatic carbocycles. The molecule has 1 amide bonds. The Labute approximate surface area is 153 Å². The Morgan fingerprint density at radius 2 is 2.08 bits per heavy atom. The van der Waals surface area contributed by atoms with Gasteiger partial charge in [-0.15, -0.1) is 0 Å². The van der Waals surface area contributed by atoms with Gasteiger partial charge in [0.25, 0.3) is 0 Å². The van der Waals surface area contributed by atoms with Crippen LogP contribution in [0.3, 0.4) is 0 Å². The first-order valence-electron chi connectivity index (χ1n) is 8.86. The van der Waals surface area contributed by atoms with Crippen LogP contribution in [-0.4, -0.2) is 44.6 Å². The summed E-state index contributed by atoms with van der Waals surface area (Å²) in [4.78, 5) is 26.9. The Bertz CT molecular complexity index is 758. The molecular weight excluding hydrogens is 330 g/mol. The van der Waals surface area contributed by atoms with Crippen molar-refractivity contribution in [2.75, 3.05) is 18.4 Å². The average Bonchev–Trinajstić information content (AvgIpc) is 2.60. The maximum absolute atomic E-state index is 12.2. The summed E-state index contributed by atoms with van der Waals surface area (Å²) in [5, 5.41) is 3.26. The summed E-state index contributed by atoms with van der Waals surface area (Å²) < 4.78 is 5.44. The van der Waals surface area contributed by atoms with Crippen LogP contribution < -0.4 is 5.32 Å². The second-order valence-electron chi connectivity index (χ2n) is 7.35. The third-order valence-electron chi connectivity index (χ3n) is 4.03. The Hall–Kier alpha value is -2.70. The Kier molecular flexibility index (Phi) is 5.35. The van der Waals surface area contributed by atoms with E-state index in [0.29, 0.717) is 25.5 Å². The van der Waals surface area contributed by atoms with Crippen LogP contribution in [0.1, 0.15) is 37.6 Å². The minimum Gasteiger partial charge on any atom is -0.444 e. The lowest BCUT2D eigenvalue weighted by Gasteiger charge is -2.30. The Morgan fingerprint density at radius 1 is 1.31 bits per heavy atom. The van der Waals surface area contributed by atoms with Gasteiger partial charge in [0, 0.05) is 43.7 Å². The van der Waals surface area contributed by atoms with Crippen LogP contribution in [0.5, 0.6) is 0 Å². The van der Waals surface area contributed by atoms with Crippen molar-refractivity contribution in [1.82, 2.24) is 19.9 Å². The second-order valence-corrected chi connectivity index (χ2v) is 7.35. The van der Waals surface area contributed by atoms with Gasteiger partial charge in [-0.25, -0.2) is 14.8 Å². The number of nitrogens with zero attached hydrogens (tertiary/aromatic N) is 4. The van der Waals surface area contributed by atoms with Crippen molar-refractivity contribution in [2.24, 2.45) is 0 Å². The third kappa shape index (κ3) is 4.91. The predicted octanol–water partition coefficient (Wildman–Crippen LogP) is 2.82. The van der Waals surface area contributed by atoms with Crippen LogP contribution in [0.25, 0.3) is 0 Å². The summed E-state index contributed by atoms with van der Waals surface area (Å²) in [6, 6.07) is 4.00. The molecule has 0 spiro atoms. The molecule has 0 unspecified atom stereocenters. The highest BCUT2D eigenvalue weighted by atomic mass is 16.6. The van der Waals surface area contributed by atoms with E-state index in [1.807, 2.05) is 32.9 Å². The maximum atomic E-state index is 12.2. The van der Waals surface area contributed by atoms with Crippen molar-refractivity contribution in [1.29, 1.82) is 0 Å². The number of carbonyl (C=O) groups excluding carboxylic acids is 1. The monoisotopic (exact) mass is 355 g/mol. The predicted molar refractivity (Wildman–Crippen MR) is 98.8 cm³/mol. The van der Waals surface area contributed by atoms with Gasteiger partial charge in [0.15, 0.2) is 0 Å². The summed E-state index contributed by atoms with van der Waals surface area (Å²) in [5.41, 5.74) is 2.70. The molecule has 7 nitrogen and oxygen atoms in total. The smallest absolute Gasteiger partial charge is 0.410 e. The molecule has 1 N–H and O–H groups in total. The van der Waals surface area contributed by atoms with Crippen molar-refractivity contribution in [2.45, 2.75) is 45.8 Å². The van der Waals surface area contributed by atoms with E-state index in [-0.39, 0.29) is 6.09 Å². The van der Waals surface area contributed by atoms with Crippen molar-refractivity contribution in [3.05, 3.63) is 47.5 Å². The molecule has 0 atom stereocenters. The summed E-state index contributed by atoms with van der Waals surface area (Å²) in [6.45, 7) is 7.46. The van der Waals surface area contributed by atoms with Gasteiger partial charge in [0.2, 0.25) is 5.95 Å². The molecule has 1 aliphatic heterocycles. The van der Waals surface area contributed by atoms with Crippen LogP contribution in [0.15, 0.2) is 30.7 Å². The minimum absolute atomic E-state index is 0.289. The van der Waals surface area contributed by atoms with E-state index >= 15 is 0 Å². The molecule has 1 aliphatic rings. The highest BCUT2D eigenvalue weighted by molar-refractivity contribution is 5.68. The fraction of sp³-hybridized carbons (Fsp3) is 0.474. The Balaban J connectivity index is 1.56. The lowest BCUT2D eigenvalue weighted by molar-refractivity contribution is 0.0222. The molecule has 0 saturated carbocycles. The fourth-order valence-corrected chi connectivity index (χ4v) is 2.75. The molecule has 2 aromatic heterocycles. The molecule has 0 radical (unpaired) electrons. The molecule has 0 bridgehead atoms. The van der Waals surface area contributed by atoms with E-state index in [2.05, 4.69) is 20.3 Å². The van der Waals surface area contributed by atoms with E-state index in [1.54, 1.807) is 23.5 Å². The van der Waals surface area contributed by atoms with Gasteiger partial charge in [-0.3, -0.25) is 4.98 Å². The number of nitrogens with one attached hydrogen (secondary N) is 1. The number of carbonyl (C=O) groups is 1. The van der Waals surface area contributed by atoms with Crippen LogP contribution in [0, 0.1) is 0 Å². The minimum atomic E-state index is -0.490. The number of aromatic nitrogens is 3. The van der Waals surface area contributed by atoms with E-state index in [0.717, 1.165) is 24.2 Å². The molecule has 26 heavy (non-hydrogen) atoms. The molecular formula is C19H25N5O2. The summed E-state index contributed by atoms with van der Waals surface area (Å²) >= 11 is 0. The maximum Gasteiger partial charge on any atom is 0.410 e. The number of amides is 1. The molecule has 3 rings (SSSR count). The molecule has 3 heterocycles. The highest BCUT2D eigenvalue weighted by Gasteiger charge is 2.26. The first-order chi connectivity index (χ1) is 12.4. The van der Waals surface area contributed by atoms with Crippen LogP contribution in [0.2, 0.25) is 0 Å². The number of rotatable bonds is 4. The van der Waals surface area contributed by atoms with Crippen molar-refractivity contribution in [3.8, 4) is 0 Å². The van der Waals surface area contributed by atoms with Gasteiger partial charge in [-0.1, -0.05) is 0 Å². The topological polar surface area (TPSA) is 80.2 Å². The molecule has 0 aromatic carbocycles. The molecule has 0 fully saturated rings. The zero-order valence-electron chi connectivity index (χ0n) is 15.5. The average molecular weight is 355 g/mol. The molecule has 138 valence electrons. The highest BCUT2D eigenvalue weighted by Crippen LogP contribution is 2.20. The van der Waals surface area contributed by atoms with Crippen molar-refractivity contribution >= 4 is 12.0 Å². The third-order valence-corrected chi connectivity index (χ3v) is 4.03. The van der Waals surface area contributed by atoms with Crippen molar-refractivity contribution < 1.29 is 9.53 Å². The van der Waals surface area contributed by atoms with E-state index in [4.69, 9.17) is 4.74 Å². The number of hydrogen-bond donors (Lipinski definition) is 1. The van der Waals surface area contributed by atoms with Gasteiger partial charge in [-0.2, -0.15) is 0 Å². The SMILES string of the molecule is CC(C)(C)OC(=O)N1CCc2nc(NCCc3ccncc3)ncc2C1.